The Balaban J connectivity index is 1.78. The second-order valence-corrected chi connectivity index (χ2v) is 7.15. The number of aryl methyl sites for hydroxylation is 1. The summed E-state index contributed by atoms with van der Waals surface area (Å²) in [5.74, 6) is 0.0243. The van der Waals surface area contributed by atoms with Crippen molar-refractivity contribution in [1.29, 1.82) is 0 Å². The van der Waals surface area contributed by atoms with Crippen LogP contribution in [-0.4, -0.2) is 5.91 Å². The molecule has 0 fully saturated rings. The Labute approximate surface area is 124 Å². The molecular weight excluding hydrogens is 324 g/mol. The van der Waals surface area contributed by atoms with Crippen LogP contribution in [0.1, 0.15) is 22.0 Å². The van der Waals surface area contributed by atoms with Gasteiger partial charge in [0.2, 0.25) is 5.91 Å². The van der Waals surface area contributed by atoms with Crippen molar-refractivity contribution in [1.82, 2.24) is 5.32 Å². The number of carbonyl (C=O) groups is 1. The molecule has 98 valence electrons. The molecule has 0 radical (unpaired) electrons. The molecule has 19 heavy (non-hydrogen) atoms. The molecule has 0 saturated heterocycles. The lowest BCUT2D eigenvalue weighted by atomic mass is 10.1. The first-order valence-electron chi connectivity index (χ1n) is 6.02. The molecule has 3 rings (SSSR count). The van der Waals surface area contributed by atoms with Crippen molar-refractivity contribution >= 4 is 38.9 Å². The van der Waals surface area contributed by atoms with E-state index in [1.165, 1.54) is 10.4 Å². The lowest BCUT2D eigenvalue weighted by Gasteiger charge is -2.10. The highest BCUT2D eigenvalue weighted by molar-refractivity contribution is 9.11. The number of anilines is 1. The molecule has 1 aromatic heterocycles. The predicted octanol–water partition coefficient (Wildman–Crippen LogP) is 3.60. The number of fused-ring (bicyclic) bond motifs is 1. The quantitative estimate of drug-likeness (QED) is 0.899. The first kappa shape index (κ1) is 12.8. The van der Waals surface area contributed by atoms with Crippen LogP contribution in [0.4, 0.5) is 5.69 Å². The minimum atomic E-state index is -0.254. The number of amides is 1. The number of benzene rings is 1. The molecule has 0 bridgehead atoms. The monoisotopic (exact) mass is 336 g/mol. The Kier molecular flexibility index (Phi) is 3.43. The van der Waals surface area contributed by atoms with Crippen LogP contribution in [0.5, 0.6) is 0 Å². The molecule has 0 aliphatic carbocycles. The van der Waals surface area contributed by atoms with Crippen molar-refractivity contribution in [2.75, 3.05) is 5.32 Å². The second kappa shape index (κ2) is 5.07. The zero-order chi connectivity index (χ0) is 13.4. The van der Waals surface area contributed by atoms with Crippen molar-refractivity contribution < 1.29 is 4.79 Å². The van der Waals surface area contributed by atoms with Crippen LogP contribution in [0, 0.1) is 6.92 Å². The van der Waals surface area contributed by atoms with Crippen molar-refractivity contribution in [2.24, 2.45) is 0 Å². The summed E-state index contributed by atoms with van der Waals surface area (Å²) < 4.78 is 1.11. The molecule has 0 spiro atoms. The third-order valence-corrected chi connectivity index (χ3v) is 4.77. The van der Waals surface area contributed by atoms with Crippen LogP contribution in [0.3, 0.4) is 0 Å². The smallest absolute Gasteiger partial charge is 0.246 e. The summed E-state index contributed by atoms with van der Waals surface area (Å²) in [4.78, 5) is 13.2. The van der Waals surface area contributed by atoms with Crippen LogP contribution >= 0.6 is 27.3 Å². The van der Waals surface area contributed by atoms with Crippen molar-refractivity contribution in [3.8, 4) is 0 Å². The summed E-state index contributed by atoms with van der Waals surface area (Å²) >= 11 is 5.12. The summed E-state index contributed by atoms with van der Waals surface area (Å²) in [6.45, 7) is 2.73. The summed E-state index contributed by atoms with van der Waals surface area (Å²) in [6.07, 6.45) is 0. The van der Waals surface area contributed by atoms with Crippen LogP contribution in [-0.2, 0) is 11.3 Å². The number of rotatable bonds is 3. The average Bonchev–Trinajstić information content (AvgIpc) is 2.90. The van der Waals surface area contributed by atoms with E-state index in [-0.39, 0.29) is 11.9 Å². The van der Waals surface area contributed by atoms with Gasteiger partial charge in [0, 0.05) is 22.7 Å². The number of hydrogen-bond donors (Lipinski definition) is 2. The van der Waals surface area contributed by atoms with Gasteiger partial charge in [0.15, 0.2) is 0 Å². The van der Waals surface area contributed by atoms with Crippen LogP contribution in [0.25, 0.3) is 0 Å². The number of halogens is 1. The van der Waals surface area contributed by atoms with Crippen LogP contribution in [0.2, 0.25) is 0 Å². The highest BCUT2D eigenvalue weighted by Crippen LogP contribution is 2.32. The van der Waals surface area contributed by atoms with Crippen LogP contribution < -0.4 is 10.6 Å². The molecular formula is C14H13BrN2OS. The van der Waals surface area contributed by atoms with Gasteiger partial charge in [-0.2, -0.15) is 0 Å². The topological polar surface area (TPSA) is 41.1 Å². The maximum atomic E-state index is 12.0. The van der Waals surface area contributed by atoms with Gasteiger partial charge in [-0.1, -0.05) is 17.7 Å². The Morgan fingerprint density at radius 1 is 1.37 bits per heavy atom. The molecule has 1 unspecified atom stereocenters. The maximum Gasteiger partial charge on any atom is 0.246 e. The largest absolute Gasteiger partial charge is 0.324 e. The van der Waals surface area contributed by atoms with Crippen LogP contribution in [0.15, 0.2) is 34.1 Å². The van der Waals surface area contributed by atoms with E-state index in [1.54, 1.807) is 11.3 Å². The fraction of sp³-hybridized carbons (Fsp3) is 0.214. The van der Waals surface area contributed by atoms with Gasteiger partial charge in [0.05, 0.1) is 3.79 Å². The van der Waals surface area contributed by atoms with E-state index < -0.39 is 0 Å². The first-order valence-corrected chi connectivity index (χ1v) is 7.63. The normalized spacial score (nSPS) is 17.4. The molecule has 1 aliphatic heterocycles. The van der Waals surface area contributed by atoms with E-state index in [0.717, 1.165) is 15.0 Å². The summed E-state index contributed by atoms with van der Waals surface area (Å²) in [7, 11) is 0. The number of thiophene rings is 1. The zero-order valence-electron chi connectivity index (χ0n) is 10.4. The minimum Gasteiger partial charge on any atom is -0.324 e. The fourth-order valence-corrected chi connectivity index (χ4v) is 3.67. The molecule has 2 N–H and O–H groups in total. The van der Waals surface area contributed by atoms with Crippen molar-refractivity contribution in [2.45, 2.75) is 19.5 Å². The number of hydrogen-bond acceptors (Lipinski definition) is 3. The molecule has 0 saturated carbocycles. The molecule has 2 aromatic rings. The van der Waals surface area contributed by atoms with Gasteiger partial charge in [-0.05, 0) is 41.1 Å². The lowest BCUT2D eigenvalue weighted by Crippen LogP contribution is -2.26. The molecule has 3 nitrogen and oxygen atoms in total. The van der Waals surface area contributed by atoms with Gasteiger partial charge < -0.3 is 5.32 Å². The predicted molar refractivity (Wildman–Crippen MR) is 81.4 cm³/mol. The van der Waals surface area contributed by atoms with Gasteiger partial charge >= 0.3 is 0 Å². The van der Waals surface area contributed by atoms with Gasteiger partial charge in [0.1, 0.15) is 6.04 Å². The van der Waals surface area contributed by atoms with Gasteiger partial charge in [-0.25, -0.2) is 0 Å². The summed E-state index contributed by atoms with van der Waals surface area (Å²) in [5.41, 5.74) is 3.13. The van der Waals surface area contributed by atoms with E-state index in [9.17, 15) is 4.79 Å². The van der Waals surface area contributed by atoms with Gasteiger partial charge in [0.25, 0.3) is 0 Å². The molecule has 1 atom stereocenters. The van der Waals surface area contributed by atoms with Gasteiger partial charge in [-0.15, -0.1) is 11.3 Å². The zero-order valence-corrected chi connectivity index (χ0v) is 12.8. The second-order valence-electron chi connectivity index (χ2n) is 4.60. The Hall–Kier alpha value is -1.17. The summed E-state index contributed by atoms with van der Waals surface area (Å²) in [5, 5.41) is 6.23. The van der Waals surface area contributed by atoms with E-state index >= 15 is 0 Å². The highest BCUT2D eigenvalue weighted by atomic mass is 79.9. The average molecular weight is 337 g/mol. The summed E-state index contributed by atoms with van der Waals surface area (Å²) in [6, 6.07) is 9.87. The van der Waals surface area contributed by atoms with E-state index in [2.05, 4.69) is 38.7 Å². The molecule has 2 heterocycles. The minimum absolute atomic E-state index is 0.0243. The lowest BCUT2D eigenvalue weighted by molar-refractivity contribution is -0.117. The number of nitrogens with one attached hydrogen (secondary N) is 2. The molecule has 1 aliphatic rings. The Morgan fingerprint density at radius 2 is 2.21 bits per heavy atom. The molecule has 1 amide bonds. The van der Waals surface area contributed by atoms with Gasteiger partial charge in [-0.3, -0.25) is 10.1 Å². The Bertz CT molecular complexity index is 638. The molecule has 1 aromatic carbocycles. The fourth-order valence-electron chi connectivity index (χ4n) is 2.23. The van der Waals surface area contributed by atoms with E-state index in [0.29, 0.717) is 6.54 Å². The van der Waals surface area contributed by atoms with Crippen molar-refractivity contribution in [3.05, 3.63) is 50.1 Å². The molecule has 5 heteroatoms. The SMILES string of the molecule is Cc1ccc2c(c1)C(NCc1ccc(Br)s1)C(=O)N2. The maximum absolute atomic E-state index is 12.0. The third kappa shape index (κ3) is 2.59. The first-order chi connectivity index (χ1) is 9.13. The van der Waals surface area contributed by atoms with E-state index in [4.69, 9.17) is 0 Å². The van der Waals surface area contributed by atoms with E-state index in [1.807, 2.05) is 25.1 Å². The standard InChI is InChI=1S/C14H13BrN2OS/c1-8-2-4-11-10(6-8)13(14(18)17-11)16-7-9-3-5-12(15)19-9/h2-6,13,16H,7H2,1H3,(H,17,18). The highest BCUT2D eigenvalue weighted by Gasteiger charge is 2.29. The third-order valence-electron chi connectivity index (χ3n) is 3.15. The number of carbonyl (C=O) groups excluding carboxylic acids is 1. The van der Waals surface area contributed by atoms with Crippen molar-refractivity contribution in [3.63, 3.8) is 0 Å². The Morgan fingerprint density at radius 3 is 2.95 bits per heavy atom.